The van der Waals surface area contributed by atoms with Crippen LogP contribution in [0, 0.1) is 11.8 Å². The molecule has 1 rings (SSSR count). The maximum Gasteiger partial charge on any atom is 0.0545 e. The van der Waals surface area contributed by atoms with Gasteiger partial charge in [0.25, 0.3) is 0 Å². The zero-order valence-corrected chi connectivity index (χ0v) is 8.68. The van der Waals surface area contributed by atoms with Gasteiger partial charge in [-0.1, -0.05) is 32.6 Å². The number of hydrogen-bond acceptors (Lipinski definition) is 1. The molecule has 0 aliphatic heterocycles. The van der Waals surface area contributed by atoms with Crippen LogP contribution >= 0.6 is 0 Å². The Kier molecular flexibility index (Phi) is 4.07. The minimum atomic E-state index is 0.461. The number of methoxy groups -OCH3 is 1. The zero-order valence-electron chi connectivity index (χ0n) is 8.68. The largest absolute Gasteiger partial charge is 0.382 e. The van der Waals surface area contributed by atoms with Crippen LogP contribution in [0.25, 0.3) is 0 Å². The molecule has 1 atom stereocenters. The lowest BCUT2D eigenvalue weighted by atomic mass is 9.80. The second-order valence-electron chi connectivity index (χ2n) is 4.41. The quantitative estimate of drug-likeness (QED) is 0.632. The summed E-state index contributed by atoms with van der Waals surface area (Å²) < 4.78 is 5.28. The molecule has 0 aromatic carbocycles. The highest BCUT2D eigenvalue weighted by Gasteiger charge is 2.19. The topological polar surface area (TPSA) is 9.23 Å². The van der Waals surface area contributed by atoms with Crippen molar-refractivity contribution in [1.29, 1.82) is 0 Å². The van der Waals surface area contributed by atoms with Crippen LogP contribution in [0.2, 0.25) is 0 Å². The van der Waals surface area contributed by atoms with Crippen molar-refractivity contribution in [1.82, 2.24) is 0 Å². The molecule has 0 N–H and O–H groups in total. The Hall–Kier alpha value is -0.0400. The predicted molar refractivity (Wildman–Crippen MR) is 52.2 cm³/mol. The van der Waals surface area contributed by atoms with Crippen molar-refractivity contribution in [2.75, 3.05) is 7.11 Å². The first-order chi connectivity index (χ1) is 5.72. The molecule has 0 amide bonds. The van der Waals surface area contributed by atoms with Gasteiger partial charge in [-0.05, 0) is 25.2 Å². The van der Waals surface area contributed by atoms with Gasteiger partial charge in [0, 0.05) is 7.11 Å². The third-order valence-electron chi connectivity index (χ3n) is 3.20. The van der Waals surface area contributed by atoms with Crippen molar-refractivity contribution in [3.05, 3.63) is 0 Å². The second kappa shape index (κ2) is 4.86. The van der Waals surface area contributed by atoms with Gasteiger partial charge in [0.2, 0.25) is 0 Å². The minimum Gasteiger partial charge on any atom is -0.382 e. The molecule has 1 saturated carbocycles. The van der Waals surface area contributed by atoms with Gasteiger partial charge in [-0.2, -0.15) is 0 Å². The predicted octanol–water partition coefficient (Wildman–Crippen LogP) is 3.24. The van der Waals surface area contributed by atoms with E-state index in [1.165, 1.54) is 32.1 Å². The summed E-state index contributed by atoms with van der Waals surface area (Å²) in [6.45, 7) is 4.55. The van der Waals surface area contributed by atoms with Crippen LogP contribution < -0.4 is 0 Å². The number of ether oxygens (including phenoxy) is 1. The Morgan fingerprint density at radius 2 is 1.83 bits per heavy atom. The second-order valence-corrected chi connectivity index (χ2v) is 4.41. The summed E-state index contributed by atoms with van der Waals surface area (Å²) in [5.74, 6) is 1.91. The standard InChI is InChI=1S/C11H22O/c1-9-4-6-11(7-5-9)8-10(2)12-3/h9-11H,4-8H2,1-3H3. The molecule has 0 bridgehead atoms. The molecule has 1 unspecified atom stereocenters. The first kappa shape index (κ1) is 10.0. The first-order valence-electron chi connectivity index (χ1n) is 5.25. The number of hydrogen-bond donors (Lipinski definition) is 0. The summed E-state index contributed by atoms with van der Waals surface area (Å²) in [6.07, 6.45) is 7.44. The van der Waals surface area contributed by atoms with Gasteiger partial charge in [0.15, 0.2) is 0 Å². The van der Waals surface area contributed by atoms with Crippen LogP contribution in [-0.4, -0.2) is 13.2 Å². The summed E-state index contributed by atoms with van der Waals surface area (Å²) in [7, 11) is 1.82. The molecule has 0 aromatic rings. The Bertz CT molecular complexity index is 114. The van der Waals surface area contributed by atoms with Crippen molar-refractivity contribution in [3.63, 3.8) is 0 Å². The van der Waals surface area contributed by atoms with Crippen molar-refractivity contribution in [3.8, 4) is 0 Å². The van der Waals surface area contributed by atoms with Gasteiger partial charge in [-0.3, -0.25) is 0 Å². The summed E-state index contributed by atoms with van der Waals surface area (Å²) in [4.78, 5) is 0. The third-order valence-corrected chi connectivity index (χ3v) is 3.20. The molecule has 12 heavy (non-hydrogen) atoms. The molecule has 1 fully saturated rings. The molecule has 72 valence electrons. The lowest BCUT2D eigenvalue weighted by Crippen LogP contribution is -2.17. The van der Waals surface area contributed by atoms with Gasteiger partial charge < -0.3 is 4.74 Å². The van der Waals surface area contributed by atoms with Crippen molar-refractivity contribution < 1.29 is 4.74 Å². The Morgan fingerprint density at radius 3 is 2.33 bits per heavy atom. The van der Waals surface area contributed by atoms with Crippen LogP contribution in [0.1, 0.15) is 46.0 Å². The summed E-state index contributed by atoms with van der Waals surface area (Å²) >= 11 is 0. The molecule has 0 radical (unpaired) electrons. The Balaban J connectivity index is 2.17. The molecular formula is C11H22O. The molecule has 1 heteroatoms. The maximum atomic E-state index is 5.28. The summed E-state index contributed by atoms with van der Waals surface area (Å²) in [5.41, 5.74) is 0. The SMILES string of the molecule is COC(C)CC1CCC(C)CC1. The molecule has 0 spiro atoms. The highest BCUT2D eigenvalue weighted by Crippen LogP contribution is 2.31. The van der Waals surface area contributed by atoms with E-state index in [9.17, 15) is 0 Å². The van der Waals surface area contributed by atoms with Crippen molar-refractivity contribution in [2.45, 2.75) is 52.1 Å². The van der Waals surface area contributed by atoms with E-state index in [2.05, 4.69) is 13.8 Å². The van der Waals surface area contributed by atoms with Crippen LogP contribution in [-0.2, 0) is 4.74 Å². The molecule has 0 heterocycles. The highest BCUT2D eigenvalue weighted by molar-refractivity contribution is 4.71. The molecule has 1 aliphatic rings. The fraction of sp³-hybridized carbons (Fsp3) is 1.00. The first-order valence-corrected chi connectivity index (χ1v) is 5.25. The van der Waals surface area contributed by atoms with E-state index in [-0.39, 0.29) is 0 Å². The Morgan fingerprint density at radius 1 is 1.25 bits per heavy atom. The van der Waals surface area contributed by atoms with Gasteiger partial charge in [0.1, 0.15) is 0 Å². The maximum absolute atomic E-state index is 5.28. The summed E-state index contributed by atoms with van der Waals surface area (Å²) in [5, 5.41) is 0. The molecule has 0 aromatic heterocycles. The Labute approximate surface area is 76.5 Å². The fourth-order valence-corrected chi connectivity index (χ4v) is 2.13. The van der Waals surface area contributed by atoms with E-state index in [1.807, 2.05) is 7.11 Å². The van der Waals surface area contributed by atoms with E-state index in [4.69, 9.17) is 4.74 Å². The van der Waals surface area contributed by atoms with Crippen LogP contribution in [0.4, 0.5) is 0 Å². The smallest absolute Gasteiger partial charge is 0.0545 e. The average molecular weight is 170 g/mol. The fourth-order valence-electron chi connectivity index (χ4n) is 2.13. The lowest BCUT2D eigenvalue weighted by molar-refractivity contribution is 0.0845. The van der Waals surface area contributed by atoms with Crippen molar-refractivity contribution >= 4 is 0 Å². The van der Waals surface area contributed by atoms with Crippen LogP contribution in [0.15, 0.2) is 0 Å². The van der Waals surface area contributed by atoms with Gasteiger partial charge in [-0.25, -0.2) is 0 Å². The van der Waals surface area contributed by atoms with Crippen molar-refractivity contribution in [2.24, 2.45) is 11.8 Å². The molecular weight excluding hydrogens is 148 g/mol. The van der Waals surface area contributed by atoms with E-state index in [1.54, 1.807) is 0 Å². The van der Waals surface area contributed by atoms with E-state index in [0.717, 1.165) is 11.8 Å². The highest BCUT2D eigenvalue weighted by atomic mass is 16.5. The average Bonchev–Trinajstić information content (AvgIpc) is 2.09. The molecule has 1 nitrogen and oxygen atoms in total. The monoisotopic (exact) mass is 170 g/mol. The van der Waals surface area contributed by atoms with Gasteiger partial charge in [-0.15, -0.1) is 0 Å². The van der Waals surface area contributed by atoms with Crippen LogP contribution in [0.3, 0.4) is 0 Å². The lowest BCUT2D eigenvalue weighted by Gasteiger charge is -2.27. The van der Waals surface area contributed by atoms with Gasteiger partial charge >= 0.3 is 0 Å². The number of rotatable bonds is 3. The normalized spacial score (nSPS) is 33.2. The van der Waals surface area contributed by atoms with E-state index in [0.29, 0.717) is 6.10 Å². The third kappa shape index (κ3) is 3.14. The van der Waals surface area contributed by atoms with E-state index >= 15 is 0 Å². The zero-order chi connectivity index (χ0) is 8.97. The van der Waals surface area contributed by atoms with Crippen LogP contribution in [0.5, 0.6) is 0 Å². The van der Waals surface area contributed by atoms with E-state index < -0.39 is 0 Å². The minimum absolute atomic E-state index is 0.461. The van der Waals surface area contributed by atoms with Gasteiger partial charge in [0.05, 0.1) is 6.10 Å². The molecule has 0 saturated heterocycles. The molecule has 1 aliphatic carbocycles. The summed E-state index contributed by atoms with van der Waals surface area (Å²) in [6, 6.07) is 0.